The summed E-state index contributed by atoms with van der Waals surface area (Å²) >= 11 is 0. The van der Waals surface area contributed by atoms with Crippen LogP contribution in [0.2, 0.25) is 0 Å². The first kappa shape index (κ1) is 15.3. The molecule has 0 saturated carbocycles. The van der Waals surface area contributed by atoms with Crippen molar-refractivity contribution in [1.29, 1.82) is 0 Å². The second-order valence-electron chi connectivity index (χ2n) is 5.28. The predicted octanol–water partition coefficient (Wildman–Crippen LogP) is 1.62. The van der Waals surface area contributed by atoms with Gasteiger partial charge in [0.1, 0.15) is 6.04 Å². The number of para-hydroxylation sites is 1. The van der Waals surface area contributed by atoms with Gasteiger partial charge in [-0.15, -0.1) is 0 Å². The molecule has 2 rings (SSSR count). The summed E-state index contributed by atoms with van der Waals surface area (Å²) < 4.78 is 0. The molecule has 1 unspecified atom stereocenters. The Hall–Kier alpha value is -2.08. The summed E-state index contributed by atoms with van der Waals surface area (Å²) in [6, 6.07) is 6.99. The third-order valence-corrected chi connectivity index (χ3v) is 3.89. The SMILES string of the molecule is Cc1ccccc1NC(=O)N1CCN(C(C)C(=O)O)CC1. The minimum absolute atomic E-state index is 0.132. The van der Waals surface area contributed by atoms with Crippen LogP contribution in [0.15, 0.2) is 24.3 Å². The highest BCUT2D eigenvalue weighted by molar-refractivity contribution is 5.90. The normalized spacial score (nSPS) is 17.3. The minimum Gasteiger partial charge on any atom is -0.480 e. The lowest BCUT2D eigenvalue weighted by atomic mass is 10.2. The predicted molar refractivity (Wildman–Crippen MR) is 80.4 cm³/mol. The van der Waals surface area contributed by atoms with Crippen LogP contribution in [0.4, 0.5) is 10.5 Å². The van der Waals surface area contributed by atoms with Gasteiger partial charge in [-0.25, -0.2) is 4.79 Å². The molecule has 1 aliphatic heterocycles. The van der Waals surface area contributed by atoms with Gasteiger partial charge in [0.25, 0.3) is 0 Å². The van der Waals surface area contributed by atoms with Crippen LogP contribution < -0.4 is 5.32 Å². The molecule has 0 aliphatic carbocycles. The zero-order valence-electron chi connectivity index (χ0n) is 12.4. The second-order valence-corrected chi connectivity index (χ2v) is 5.28. The van der Waals surface area contributed by atoms with Gasteiger partial charge >= 0.3 is 12.0 Å². The number of hydrogen-bond donors (Lipinski definition) is 2. The van der Waals surface area contributed by atoms with Gasteiger partial charge < -0.3 is 15.3 Å². The molecule has 1 heterocycles. The van der Waals surface area contributed by atoms with Crippen LogP contribution in [0.5, 0.6) is 0 Å². The summed E-state index contributed by atoms with van der Waals surface area (Å²) in [6.45, 7) is 5.85. The summed E-state index contributed by atoms with van der Waals surface area (Å²) in [5, 5.41) is 11.9. The fourth-order valence-corrected chi connectivity index (χ4v) is 2.38. The van der Waals surface area contributed by atoms with Crippen LogP contribution in [-0.4, -0.2) is 59.1 Å². The maximum Gasteiger partial charge on any atom is 0.321 e. The number of nitrogens with zero attached hydrogens (tertiary/aromatic N) is 2. The Balaban J connectivity index is 1.89. The summed E-state index contributed by atoms with van der Waals surface area (Å²) in [5.74, 6) is -0.826. The second kappa shape index (κ2) is 6.58. The van der Waals surface area contributed by atoms with Crippen molar-refractivity contribution in [3.63, 3.8) is 0 Å². The number of nitrogens with one attached hydrogen (secondary N) is 1. The largest absolute Gasteiger partial charge is 0.480 e. The maximum atomic E-state index is 12.2. The van der Waals surface area contributed by atoms with E-state index in [1.54, 1.807) is 11.8 Å². The van der Waals surface area contributed by atoms with Crippen molar-refractivity contribution in [2.24, 2.45) is 0 Å². The lowest BCUT2D eigenvalue weighted by molar-refractivity contribution is -0.143. The molecule has 6 heteroatoms. The summed E-state index contributed by atoms with van der Waals surface area (Å²) in [5.41, 5.74) is 1.83. The smallest absolute Gasteiger partial charge is 0.321 e. The van der Waals surface area contributed by atoms with Crippen molar-refractivity contribution in [2.45, 2.75) is 19.9 Å². The topological polar surface area (TPSA) is 72.9 Å². The number of piperazine rings is 1. The quantitative estimate of drug-likeness (QED) is 0.887. The first-order valence-electron chi connectivity index (χ1n) is 7.07. The van der Waals surface area contributed by atoms with Gasteiger partial charge in [0.2, 0.25) is 0 Å². The molecule has 6 nitrogen and oxygen atoms in total. The fraction of sp³-hybridized carbons (Fsp3) is 0.467. The van der Waals surface area contributed by atoms with E-state index in [0.29, 0.717) is 26.2 Å². The number of benzene rings is 1. The molecule has 1 aliphatic rings. The average Bonchev–Trinajstić information content (AvgIpc) is 2.49. The van der Waals surface area contributed by atoms with Gasteiger partial charge in [-0.3, -0.25) is 9.69 Å². The Morgan fingerprint density at radius 1 is 1.19 bits per heavy atom. The van der Waals surface area contributed by atoms with Crippen molar-refractivity contribution >= 4 is 17.7 Å². The molecule has 1 aromatic rings. The van der Waals surface area contributed by atoms with Crippen LogP contribution in [-0.2, 0) is 4.79 Å². The summed E-state index contributed by atoms with van der Waals surface area (Å²) in [7, 11) is 0. The van der Waals surface area contributed by atoms with Crippen molar-refractivity contribution < 1.29 is 14.7 Å². The molecule has 0 spiro atoms. The van der Waals surface area contributed by atoms with E-state index in [4.69, 9.17) is 5.11 Å². The van der Waals surface area contributed by atoms with Crippen molar-refractivity contribution in [3.8, 4) is 0 Å². The van der Waals surface area contributed by atoms with Crippen LogP contribution in [0.1, 0.15) is 12.5 Å². The molecular formula is C15H21N3O3. The fourth-order valence-electron chi connectivity index (χ4n) is 2.38. The van der Waals surface area contributed by atoms with Crippen molar-refractivity contribution in [1.82, 2.24) is 9.80 Å². The van der Waals surface area contributed by atoms with Gasteiger partial charge in [-0.2, -0.15) is 0 Å². The number of carboxylic acids is 1. The van der Waals surface area contributed by atoms with Crippen LogP contribution >= 0.6 is 0 Å². The minimum atomic E-state index is -0.826. The highest BCUT2D eigenvalue weighted by Gasteiger charge is 2.27. The molecule has 0 aromatic heterocycles. The Bertz CT molecular complexity index is 525. The van der Waals surface area contributed by atoms with E-state index in [1.165, 1.54) is 0 Å². The molecular weight excluding hydrogens is 270 g/mol. The third kappa shape index (κ3) is 3.72. The number of carbonyl (C=O) groups excluding carboxylic acids is 1. The van der Waals surface area contributed by atoms with Gasteiger partial charge in [-0.1, -0.05) is 18.2 Å². The van der Waals surface area contributed by atoms with E-state index in [0.717, 1.165) is 11.3 Å². The number of aliphatic carboxylic acids is 1. The lowest BCUT2D eigenvalue weighted by Gasteiger charge is -2.36. The molecule has 1 atom stereocenters. The summed E-state index contributed by atoms with van der Waals surface area (Å²) in [4.78, 5) is 26.8. The Kier molecular flexibility index (Phi) is 4.80. The number of rotatable bonds is 3. The number of amides is 2. The van der Waals surface area contributed by atoms with Crippen molar-refractivity contribution in [2.75, 3.05) is 31.5 Å². The molecule has 2 amide bonds. The van der Waals surface area contributed by atoms with Gasteiger partial charge in [0, 0.05) is 31.9 Å². The molecule has 1 fully saturated rings. The Morgan fingerprint density at radius 2 is 1.81 bits per heavy atom. The van der Waals surface area contributed by atoms with Gasteiger partial charge in [-0.05, 0) is 25.5 Å². The molecule has 21 heavy (non-hydrogen) atoms. The monoisotopic (exact) mass is 291 g/mol. The Morgan fingerprint density at radius 3 is 2.38 bits per heavy atom. The van der Waals surface area contributed by atoms with Crippen LogP contribution in [0.25, 0.3) is 0 Å². The number of carboxylic acid groups (broad SMARTS) is 1. The highest BCUT2D eigenvalue weighted by atomic mass is 16.4. The zero-order chi connectivity index (χ0) is 15.4. The molecule has 1 aromatic carbocycles. The van der Waals surface area contributed by atoms with Crippen molar-refractivity contribution in [3.05, 3.63) is 29.8 Å². The van der Waals surface area contributed by atoms with Crippen LogP contribution in [0, 0.1) is 6.92 Å². The number of hydrogen-bond acceptors (Lipinski definition) is 3. The zero-order valence-corrected chi connectivity index (χ0v) is 12.4. The number of carbonyl (C=O) groups is 2. The lowest BCUT2D eigenvalue weighted by Crippen LogP contribution is -2.53. The van der Waals surface area contributed by atoms with Gasteiger partial charge in [0.15, 0.2) is 0 Å². The standard InChI is InChI=1S/C15H21N3O3/c1-11-5-3-4-6-13(11)16-15(21)18-9-7-17(8-10-18)12(2)14(19)20/h3-6,12H,7-10H2,1-2H3,(H,16,21)(H,19,20). The highest BCUT2D eigenvalue weighted by Crippen LogP contribution is 2.15. The van der Waals surface area contributed by atoms with E-state index in [1.807, 2.05) is 36.1 Å². The first-order valence-corrected chi connectivity index (χ1v) is 7.07. The number of urea groups is 1. The molecule has 114 valence electrons. The third-order valence-electron chi connectivity index (χ3n) is 3.89. The summed E-state index contributed by atoms with van der Waals surface area (Å²) in [6.07, 6.45) is 0. The van der Waals surface area contributed by atoms with E-state index >= 15 is 0 Å². The van der Waals surface area contributed by atoms with Crippen LogP contribution in [0.3, 0.4) is 0 Å². The molecule has 0 bridgehead atoms. The first-order chi connectivity index (χ1) is 9.99. The van der Waals surface area contributed by atoms with E-state index < -0.39 is 12.0 Å². The Labute approximate surface area is 124 Å². The maximum absolute atomic E-state index is 12.2. The van der Waals surface area contributed by atoms with E-state index in [2.05, 4.69) is 5.32 Å². The molecule has 1 saturated heterocycles. The van der Waals surface area contributed by atoms with E-state index in [9.17, 15) is 9.59 Å². The number of anilines is 1. The van der Waals surface area contributed by atoms with E-state index in [-0.39, 0.29) is 6.03 Å². The number of aryl methyl sites for hydroxylation is 1. The van der Waals surface area contributed by atoms with Gasteiger partial charge in [0.05, 0.1) is 0 Å². The average molecular weight is 291 g/mol. The molecule has 0 radical (unpaired) electrons. The molecule has 2 N–H and O–H groups in total.